The zero-order chi connectivity index (χ0) is 11.3. The molecule has 0 fully saturated rings. The Bertz CT molecular complexity index is 441. The molecule has 0 aromatic heterocycles. The van der Waals surface area contributed by atoms with E-state index in [0.29, 0.717) is 11.3 Å². The molecule has 0 unspecified atom stereocenters. The molecule has 0 spiro atoms. The van der Waals surface area contributed by atoms with Gasteiger partial charge in [-0.2, -0.15) is 5.26 Å². The Morgan fingerprint density at radius 3 is 2.80 bits per heavy atom. The van der Waals surface area contributed by atoms with E-state index in [0.717, 1.165) is 5.56 Å². The summed E-state index contributed by atoms with van der Waals surface area (Å²) in [6.07, 6.45) is 2.97. The van der Waals surface area contributed by atoms with Crippen molar-refractivity contribution in [2.75, 3.05) is 7.11 Å². The number of nitriles is 1. The summed E-state index contributed by atoms with van der Waals surface area (Å²) in [5.41, 5.74) is 1.33. The lowest BCUT2D eigenvalue weighted by atomic mass is 10.1. The van der Waals surface area contributed by atoms with Gasteiger partial charge in [0.1, 0.15) is 5.75 Å². The number of allylic oxidation sites excluding steroid dienone is 1. The third kappa shape index (κ3) is 2.68. The summed E-state index contributed by atoms with van der Waals surface area (Å²) >= 11 is 0. The zero-order valence-electron chi connectivity index (χ0n) is 8.65. The van der Waals surface area contributed by atoms with Crippen molar-refractivity contribution < 1.29 is 9.53 Å². The van der Waals surface area contributed by atoms with Crippen molar-refractivity contribution in [1.29, 1.82) is 5.26 Å². The van der Waals surface area contributed by atoms with Crippen LogP contribution in [0.1, 0.15) is 22.8 Å². The smallest absolute Gasteiger partial charge is 0.159 e. The molecular formula is C12H11NO2. The van der Waals surface area contributed by atoms with Gasteiger partial charge in [-0.05, 0) is 31.2 Å². The molecule has 0 N–H and O–H groups in total. The van der Waals surface area contributed by atoms with Gasteiger partial charge in [-0.3, -0.25) is 4.79 Å². The molecule has 0 radical (unpaired) electrons. The van der Waals surface area contributed by atoms with E-state index in [-0.39, 0.29) is 5.78 Å². The summed E-state index contributed by atoms with van der Waals surface area (Å²) in [6, 6.07) is 7.01. The maximum Gasteiger partial charge on any atom is 0.159 e. The lowest BCUT2D eigenvalue weighted by Gasteiger charge is -2.05. The van der Waals surface area contributed by atoms with Crippen LogP contribution in [0.2, 0.25) is 0 Å². The Labute approximate surface area is 88.6 Å². The minimum Gasteiger partial charge on any atom is -0.496 e. The molecule has 0 aliphatic heterocycles. The zero-order valence-corrected chi connectivity index (χ0v) is 8.65. The lowest BCUT2D eigenvalue weighted by molar-refractivity contribution is 0.101. The predicted molar refractivity (Wildman–Crippen MR) is 57.6 cm³/mol. The fraction of sp³-hybridized carbons (Fsp3) is 0.167. The van der Waals surface area contributed by atoms with Crippen LogP contribution in [0.25, 0.3) is 6.08 Å². The first-order chi connectivity index (χ1) is 7.19. The molecule has 0 saturated carbocycles. The summed E-state index contributed by atoms with van der Waals surface area (Å²) in [5.74, 6) is 0.635. The van der Waals surface area contributed by atoms with Gasteiger partial charge in [-0.1, -0.05) is 0 Å². The Balaban J connectivity index is 3.20. The second-order valence-electron chi connectivity index (χ2n) is 2.98. The van der Waals surface area contributed by atoms with E-state index in [1.807, 2.05) is 6.07 Å². The predicted octanol–water partition coefficient (Wildman–Crippen LogP) is 2.43. The van der Waals surface area contributed by atoms with Gasteiger partial charge in [0.05, 0.1) is 13.2 Å². The number of benzene rings is 1. The largest absolute Gasteiger partial charge is 0.496 e. The lowest BCUT2D eigenvalue weighted by Crippen LogP contribution is -1.94. The van der Waals surface area contributed by atoms with Crippen molar-refractivity contribution in [3.8, 4) is 11.8 Å². The first-order valence-electron chi connectivity index (χ1n) is 4.44. The van der Waals surface area contributed by atoms with E-state index < -0.39 is 0 Å². The minimum atomic E-state index is -0.00994. The minimum absolute atomic E-state index is 0.00994. The van der Waals surface area contributed by atoms with Gasteiger partial charge in [0.2, 0.25) is 0 Å². The van der Waals surface area contributed by atoms with Crippen molar-refractivity contribution in [3.63, 3.8) is 0 Å². The monoisotopic (exact) mass is 201 g/mol. The maximum absolute atomic E-state index is 11.1. The highest BCUT2D eigenvalue weighted by Crippen LogP contribution is 2.21. The van der Waals surface area contributed by atoms with Gasteiger partial charge in [-0.15, -0.1) is 0 Å². The third-order valence-corrected chi connectivity index (χ3v) is 1.97. The highest BCUT2D eigenvalue weighted by Gasteiger charge is 2.04. The van der Waals surface area contributed by atoms with Gasteiger partial charge in [0, 0.05) is 17.2 Å². The van der Waals surface area contributed by atoms with Crippen molar-refractivity contribution in [2.45, 2.75) is 6.92 Å². The molecule has 0 aliphatic carbocycles. The van der Waals surface area contributed by atoms with E-state index >= 15 is 0 Å². The van der Waals surface area contributed by atoms with Crippen molar-refractivity contribution in [2.24, 2.45) is 0 Å². The van der Waals surface area contributed by atoms with E-state index in [9.17, 15) is 4.79 Å². The quantitative estimate of drug-likeness (QED) is 0.557. The topological polar surface area (TPSA) is 50.1 Å². The van der Waals surface area contributed by atoms with Crippen molar-refractivity contribution in [3.05, 3.63) is 35.4 Å². The number of nitrogens with zero attached hydrogens (tertiary/aromatic N) is 1. The molecule has 3 heteroatoms. The number of hydrogen-bond acceptors (Lipinski definition) is 3. The van der Waals surface area contributed by atoms with Gasteiger partial charge in [-0.25, -0.2) is 0 Å². The fourth-order valence-corrected chi connectivity index (χ4v) is 1.21. The van der Waals surface area contributed by atoms with E-state index in [1.54, 1.807) is 31.4 Å². The van der Waals surface area contributed by atoms with E-state index in [2.05, 4.69) is 0 Å². The number of carbonyl (C=O) groups excluding carboxylic acids is 1. The second kappa shape index (κ2) is 4.97. The Kier molecular flexibility index (Phi) is 3.64. The fourth-order valence-electron chi connectivity index (χ4n) is 1.21. The standard InChI is InChI=1S/C12H11NO2/c1-9(14)10-5-6-12(15-2)11(8-10)4-3-7-13/h3-6,8H,1-2H3. The number of ether oxygens (including phenoxy) is 1. The Morgan fingerprint density at radius 2 is 2.27 bits per heavy atom. The molecule has 0 atom stereocenters. The van der Waals surface area contributed by atoms with Crippen LogP contribution in [0.4, 0.5) is 0 Å². The van der Waals surface area contributed by atoms with Crippen LogP contribution in [-0.4, -0.2) is 12.9 Å². The average Bonchev–Trinajstić information content (AvgIpc) is 2.25. The summed E-state index contributed by atoms with van der Waals surface area (Å²) in [5, 5.41) is 8.43. The van der Waals surface area contributed by atoms with Crippen LogP contribution in [0.5, 0.6) is 5.75 Å². The molecule has 1 aromatic rings. The third-order valence-electron chi connectivity index (χ3n) is 1.97. The first-order valence-corrected chi connectivity index (χ1v) is 4.44. The highest BCUT2D eigenvalue weighted by atomic mass is 16.5. The summed E-state index contributed by atoms with van der Waals surface area (Å²) < 4.78 is 5.11. The highest BCUT2D eigenvalue weighted by molar-refractivity contribution is 5.95. The SMILES string of the molecule is COc1ccc(C(C)=O)cc1C=CC#N. The van der Waals surface area contributed by atoms with E-state index in [1.165, 1.54) is 13.0 Å². The van der Waals surface area contributed by atoms with Crippen LogP contribution < -0.4 is 4.74 Å². The van der Waals surface area contributed by atoms with Gasteiger partial charge in [0.25, 0.3) is 0 Å². The van der Waals surface area contributed by atoms with Crippen LogP contribution >= 0.6 is 0 Å². The van der Waals surface area contributed by atoms with Crippen LogP contribution in [-0.2, 0) is 0 Å². The summed E-state index contributed by atoms with van der Waals surface area (Å²) in [6.45, 7) is 1.50. The Morgan fingerprint density at radius 1 is 1.53 bits per heavy atom. The molecule has 15 heavy (non-hydrogen) atoms. The molecule has 1 aromatic carbocycles. The molecule has 76 valence electrons. The first kappa shape index (κ1) is 11.0. The molecule has 0 bridgehead atoms. The van der Waals surface area contributed by atoms with Gasteiger partial charge >= 0.3 is 0 Å². The molecule has 0 aliphatic rings. The van der Waals surface area contributed by atoms with Gasteiger partial charge in [0.15, 0.2) is 5.78 Å². The summed E-state index contributed by atoms with van der Waals surface area (Å²) in [7, 11) is 1.55. The number of methoxy groups -OCH3 is 1. The van der Waals surface area contributed by atoms with Crippen molar-refractivity contribution in [1.82, 2.24) is 0 Å². The maximum atomic E-state index is 11.1. The number of ketones is 1. The van der Waals surface area contributed by atoms with Crippen LogP contribution in [0, 0.1) is 11.3 Å². The van der Waals surface area contributed by atoms with Crippen molar-refractivity contribution >= 4 is 11.9 Å². The van der Waals surface area contributed by atoms with Gasteiger partial charge < -0.3 is 4.74 Å². The Hall–Kier alpha value is -2.08. The average molecular weight is 201 g/mol. The summed E-state index contributed by atoms with van der Waals surface area (Å²) in [4.78, 5) is 11.1. The number of rotatable bonds is 3. The van der Waals surface area contributed by atoms with Crippen LogP contribution in [0.15, 0.2) is 24.3 Å². The molecule has 3 nitrogen and oxygen atoms in total. The molecule has 0 saturated heterocycles. The number of hydrogen-bond donors (Lipinski definition) is 0. The van der Waals surface area contributed by atoms with Crippen LogP contribution in [0.3, 0.4) is 0 Å². The number of carbonyl (C=O) groups is 1. The van der Waals surface area contributed by atoms with E-state index in [4.69, 9.17) is 10.00 Å². The number of Topliss-reactive ketones (excluding diaryl/α,β-unsaturated/α-hetero) is 1. The second-order valence-corrected chi connectivity index (χ2v) is 2.98. The molecule has 0 heterocycles. The molecule has 0 amide bonds. The normalized spacial score (nSPS) is 9.93. The molecule has 1 rings (SSSR count). The molecular weight excluding hydrogens is 190 g/mol.